The first-order valence-corrected chi connectivity index (χ1v) is 10.8. The lowest BCUT2D eigenvalue weighted by Crippen LogP contribution is -2.29. The van der Waals surface area contributed by atoms with Crippen molar-refractivity contribution in [1.29, 1.82) is 0 Å². The third kappa shape index (κ3) is 4.42. The van der Waals surface area contributed by atoms with Gasteiger partial charge in [0.15, 0.2) is 0 Å². The van der Waals surface area contributed by atoms with E-state index >= 15 is 0 Å². The third-order valence-corrected chi connectivity index (χ3v) is 6.56. The van der Waals surface area contributed by atoms with E-state index in [0.717, 1.165) is 28.0 Å². The number of anilines is 1. The molecule has 0 atom stereocenters. The van der Waals surface area contributed by atoms with Crippen LogP contribution in [0, 0.1) is 5.82 Å². The zero-order valence-corrected chi connectivity index (χ0v) is 16.4. The molecule has 1 heterocycles. The van der Waals surface area contributed by atoms with Gasteiger partial charge in [0.25, 0.3) is 0 Å². The lowest BCUT2D eigenvalue weighted by Gasteiger charge is -2.15. The highest BCUT2D eigenvalue weighted by Gasteiger charge is 2.15. The van der Waals surface area contributed by atoms with Gasteiger partial charge >= 0.3 is 0 Å². The van der Waals surface area contributed by atoms with Gasteiger partial charge in [-0.1, -0.05) is 17.4 Å². The molecular weight excluding hydrogens is 381 g/mol. The van der Waals surface area contributed by atoms with Gasteiger partial charge in [0.2, 0.25) is 11.0 Å². The average molecular weight is 402 g/mol. The minimum atomic E-state index is -0.251. The monoisotopic (exact) mass is 401 g/mol. The summed E-state index contributed by atoms with van der Waals surface area (Å²) in [5.74, 6) is 0.288. The molecule has 0 spiro atoms. The second-order valence-corrected chi connectivity index (χ2v) is 8.70. The number of nitrogens with one attached hydrogen (secondary N) is 2. The number of thioether (sulfide) groups is 1. The van der Waals surface area contributed by atoms with E-state index in [1.807, 2.05) is 0 Å². The number of benzene rings is 2. The molecule has 4 rings (SSSR count). The summed E-state index contributed by atoms with van der Waals surface area (Å²) in [4.78, 5) is 17.7. The molecule has 0 fully saturated rings. The van der Waals surface area contributed by atoms with Crippen LogP contribution in [0.1, 0.15) is 30.4 Å². The number of carbonyl (C=O) groups excluding carboxylic acids is 1. The van der Waals surface area contributed by atoms with E-state index in [2.05, 4.69) is 28.0 Å². The number of hydrazine groups is 1. The molecule has 2 N–H and O–H groups in total. The van der Waals surface area contributed by atoms with Gasteiger partial charge in [-0.3, -0.25) is 15.6 Å². The minimum absolute atomic E-state index is 0.0918. The van der Waals surface area contributed by atoms with Crippen molar-refractivity contribution in [3.8, 4) is 0 Å². The minimum Gasteiger partial charge on any atom is -0.273 e. The smallest absolute Gasteiger partial charge is 0.239 e. The number of rotatable bonds is 6. The van der Waals surface area contributed by atoms with E-state index in [0.29, 0.717) is 17.3 Å². The van der Waals surface area contributed by atoms with E-state index < -0.39 is 0 Å². The molecule has 1 aliphatic carbocycles. The van der Waals surface area contributed by atoms with Crippen LogP contribution >= 0.6 is 23.1 Å². The normalized spacial score (nSPS) is 13.4. The van der Waals surface area contributed by atoms with E-state index in [1.165, 1.54) is 47.9 Å². The fraction of sp³-hybridized carbons (Fsp3) is 0.300. The van der Waals surface area contributed by atoms with Crippen molar-refractivity contribution in [2.45, 2.75) is 37.0 Å². The van der Waals surface area contributed by atoms with E-state index in [-0.39, 0.29) is 11.7 Å². The van der Waals surface area contributed by atoms with Crippen LogP contribution in [0.3, 0.4) is 0 Å². The molecule has 1 aliphatic rings. The van der Waals surface area contributed by atoms with Gasteiger partial charge in [-0.25, -0.2) is 9.37 Å². The fourth-order valence-corrected chi connectivity index (χ4v) is 4.95. The summed E-state index contributed by atoms with van der Waals surface area (Å²) < 4.78 is 14.0. The summed E-state index contributed by atoms with van der Waals surface area (Å²) in [5.41, 5.74) is 9.51. The van der Waals surface area contributed by atoms with Crippen LogP contribution < -0.4 is 10.9 Å². The molecule has 7 heteroatoms. The van der Waals surface area contributed by atoms with Crippen molar-refractivity contribution in [1.82, 2.24) is 10.4 Å². The topological polar surface area (TPSA) is 54.0 Å². The van der Waals surface area contributed by atoms with Crippen LogP contribution in [-0.4, -0.2) is 16.6 Å². The summed E-state index contributed by atoms with van der Waals surface area (Å²) in [6.07, 6.45) is 5.06. The lowest BCUT2D eigenvalue weighted by molar-refractivity contribution is -0.120. The van der Waals surface area contributed by atoms with Gasteiger partial charge in [0.05, 0.1) is 10.2 Å². The maximum absolute atomic E-state index is 12.9. The number of carbonyl (C=O) groups is 1. The van der Waals surface area contributed by atoms with Gasteiger partial charge in [-0.05, 0) is 67.1 Å². The highest BCUT2D eigenvalue weighted by atomic mass is 32.2. The van der Waals surface area contributed by atoms with Crippen LogP contribution in [0.2, 0.25) is 0 Å². The fourth-order valence-electron chi connectivity index (χ4n) is 3.25. The highest BCUT2D eigenvalue weighted by molar-refractivity contribution is 7.99. The Labute approximate surface area is 165 Å². The van der Waals surface area contributed by atoms with E-state index in [1.54, 1.807) is 23.5 Å². The van der Waals surface area contributed by atoms with Crippen molar-refractivity contribution >= 4 is 44.4 Å². The first kappa shape index (κ1) is 18.3. The number of aryl methyl sites for hydroxylation is 2. The van der Waals surface area contributed by atoms with Crippen molar-refractivity contribution in [3.05, 3.63) is 53.3 Å². The zero-order valence-electron chi connectivity index (χ0n) is 14.8. The summed E-state index contributed by atoms with van der Waals surface area (Å²) in [5, 5.41) is 0.712. The number of hydrogen-bond acceptors (Lipinski definition) is 5. The molecule has 4 nitrogen and oxygen atoms in total. The standard InChI is InChI=1S/C20H20FN3OS2/c21-14-6-8-15(9-7-14)26-12-11-18(25)23-24-20-22-19-16-4-2-1-3-13(16)5-10-17(19)27-20/h5-10H,1-4,11-12H2,(H,22,24)(H,23,25). The lowest BCUT2D eigenvalue weighted by atomic mass is 9.91. The summed E-state index contributed by atoms with van der Waals surface area (Å²) >= 11 is 3.09. The van der Waals surface area contributed by atoms with Crippen molar-refractivity contribution < 1.29 is 9.18 Å². The Morgan fingerprint density at radius 2 is 1.96 bits per heavy atom. The van der Waals surface area contributed by atoms with Gasteiger partial charge in [-0.15, -0.1) is 11.8 Å². The molecule has 27 heavy (non-hydrogen) atoms. The van der Waals surface area contributed by atoms with Gasteiger partial charge in [-0.2, -0.15) is 0 Å². The van der Waals surface area contributed by atoms with Crippen LogP contribution in [0.15, 0.2) is 41.3 Å². The first-order chi connectivity index (χ1) is 13.2. The molecule has 2 aromatic carbocycles. The zero-order chi connectivity index (χ0) is 18.6. The molecule has 0 saturated carbocycles. The highest BCUT2D eigenvalue weighted by Crippen LogP contribution is 2.33. The van der Waals surface area contributed by atoms with Crippen molar-refractivity contribution in [2.75, 3.05) is 11.2 Å². The number of halogens is 1. The molecule has 3 aromatic rings. The van der Waals surface area contributed by atoms with Crippen molar-refractivity contribution in [3.63, 3.8) is 0 Å². The molecule has 0 radical (unpaired) electrons. The molecule has 0 unspecified atom stereocenters. The molecule has 140 valence electrons. The second kappa shape index (κ2) is 8.27. The maximum atomic E-state index is 12.9. The SMILES string of the molecule is O=C(CCSc1ccc(F)cc1)NNc1nc2c3c(ccc2s1)CCCC3. The van der Waals surface area contributed by atoms with E-state index in [4.69, 9.17) is 0 Å². The molecular formula is C20H20FN3OS2. The van der Waals surface area contributed by atoms with Crippen LogP contribution in [-0.2, 0) is 17.6 Å². The summed E-state index contributed by atoms with van der Waals surface area (Å²) in [7, 11) is 0. The summed E-state index contributed by atoms with van der Waals surface area (Å²) in [6.45, 7) is 0. The summed E-state index contributed by atoms with van der Waals surface area (Å²) in [6, 6.07) is 10.6. The predicted octanol–water partition coefficient (Wildman–Crippen LogP) is 4.94. The molecule has 1 aromatic heterocycles. The second-order valence-electron chi connectivity index (χ2n) is 6.50. The third-order valence-electron chi connectivity index (χ3n) is 4.61. The Balaban J connectivity index is 1.30. The average Bonchev–Trinajstić information content (AvgIpc) is 3.12. The van der Waals surface area contributed by atoms with E-state index in [9.17, 15) is 9.18 Å². The number of aromatic nitrogens is 1. The number of hydrogen-bond donors (Lipinski definition) is 2. The Morgan fingerprint density at radius 1 is 1.15 bits per heavy atom. The van der Waals surface area contributed by atoms with Crippen LogP contribution in [0.4, 0.5) is 9.52 Å². The Kier molecular flexibility index (Phi) is 5.59. The molecule has 0 bridgehead atoms. The van der Waals surface area contributed by atoms with Crippen molar-refractivity contribution in [2.24, 2.45) is 0 Å². The van der Waals surface area contributed by atoms with Crippen LogP contribution in [0.25, 0.3) is 10.2 Å². The molecule has 0 saturated heterocycles. The molecule has 0 aliphatic heterocycles. The number of thiazole rings is 1. The number of amides is 1. The Bertz CT molecular complexity index is 956. The van der Waals surface area contributed by atoms with Gasteiger partial charge in [0, 0.05) is 17.1 Å². The largest absolute Gasteiger partial charge is 0.273 e. The Hall–Kier alpha value is -2.12. The predicted molar refractivity (Wildman–Crippen MR) is 110 cm³/mol. The quantitative estimate of drug-likeness (QED) is 0.454. The number of fused-ring (bicyclic) bond motifs is 3. The first-order valence-electron chi connectivity index (χ1n) is 9.03. The maximum Gasteiger partial charge on any atom is 0.239 e. The van der Waals surface area contributed by atoms with Gasteiger partial charge in [0.1, 0.15) is 5.82 Å². The number of nitrogens with zero attached hydrogens (tertiary/aromatic N) is 1. The van der Waals surface area contributed by atoms with Crippen LogP contribution in [0.5, 0.6) is 0 Å². The molecule has 1 amide bonds. The van der Waals surface area contributed by atoms with Gasteiger partial charge < -0.3 is 0 Å². The Morgan fingerprint density at radius 3 is 2.81 bits per heavy atom.